The molecule has 0 heterocycles. The van der Waals surface area contributed by atoms with Crippen molar-refractivity contribution in [1.82, 2.24) is 0 Å². The lowest BCUT2D eigenvalue weighted by Crippen LogP contribution is -2.28. The van der Waals surface area contributed by atoms with Gasteiger partial charge in [-0.15, -0.1) is 0 Å². The number of ether oxygens (including phenoxy) is 3. The van der Waals surface area contributed by atoms with E-state index in [-0.39, 0.29) is 16.7 Å². The topological polar surface area (TPSA) is 61.8 Å². The van der Waals surface area contributed by atoms with Crippen molar-refractivity contribution >= 4 is 11.9 Å². The Bertz CT molecular complexity index is 618. The molecule has 0 aromatic heterocycles. The Labute approximate surface area is 176 Å². The second-order valence-electron chi connectivity index (χ2n) is 8.44. The van der Waals surface area contributed by atoms with Crippen LogP contribution in [-0.2, 0) is 14.2 Å². The number of rotatable bonds is 13. The van der Waals surface area contributed by atoms with E-state index < -0.39 is 18.0 Å². The van der Waals surface area contributed by atoms with E-state index in [9.17, 15) is 9.59 Å². The molecule has 1 unspecified atom stereocenters. The first-order valence-electron chi connectivity index (χ1n) is 10.9. The maximum atomic E-state index is 12.5. The predicted octanol–water partition coefficient (Wildman–Crippen LogP) is 5.95. The maximum Gasteiger partial charge on any atom is 0.339 e. The SMILES string of the molecule is CCCCCCCCCOC(=O)c1ccccc1C(=O)OC(C)COC(C)(C)C. The second kappa shape index (κ2) is 13.4. The highest BCUT2D eigenvalue weighted by atomic mass is 16.6. The molecule has 0 fully saturated rings. The van der Waals surface area contributed by atoms with Crippen molar-refractivity contribution in [1.29, 1.82) is 0 Å². The van der Waals surface area contributed by atoms with Gasteiger partial charge in [-0.25, -0.2) is 9.59 Å². The monoisotopic (exact) mass is 406 g/mol. The first kappa shape index (κ1) is 25.2. The van der Waals surface area contributed by atoms with Crippen LogP contribution in [-0.4, -0.2) is 36.9 Å². The van der Waals surface area contributed by atoms with E-state index in [0.717, 1.165) is 19.3 Å². The lowest BCUT2D eigenvalue weighted by atomic mass is 10.1. The molecule has 0 aliphatic rings. The van der Waals surface area contributed by atoms with Gasteiger partial charge in [-0.1, -0.05) is 57.6 Å². The molecule has 1 atom stereocenters. The van der Waals surface area contributed by atoms with Crippen LogP contribution in [0.1, 0.15) is 100 Å². The van der Waals surface area contributed by atoms with Crippen LogP contribution in [0.25, 0.3) is 0 Å². The Balaban J connectivity index is 2.49. The Morgan fingerprint density at radius 1 is 0.897 bits per heavy atom. The van der Waals surface area contributed by atoms with E-state index in [1.165, 1.54) is 25.7 Å². The molecule has 29 heavy (non-hydrogen) atoms. The average molecular weight is 407 g/mol. The molecule has 164 valence electrons. The number of benzene rings is 1. The molecule has 0 radical (unpaired) electrons. The summed E-state index contributed by atoms with van der Waals surface area (Å²) in [4.78, 5) is 25.0. The summed E-state index contributed by atoms with van der Waals surface area (Å²) in [5.74, 6) is -1.03. The molecule has 5 heteroatoms. The summed E-state index contributed by atoms with van der Waals surface area (Å²) in [6.07, 6.45) is 7.65. The van der Waals surface area contributed by atoms with Gasteiger partial charge in [0.25, 0.3) is 0 Å². The van der Waals surface area contributed by atoms with Gasteiger partial charge in [0.15, 0.2) is 0 Å². The van der Waals surface area contributed by atoms with E-state index >= 15 is 0 Å². The minimum absolute atomic E-state index is 0.222. The minimum Gasteiger partial charge on any atom is -0.462 e. The molecule has 5 nitrogen and oxygen atoms in total. The molecule has 1 rings (SSSR count). The fourth-order valence-corrected chi connectivity index (χ4v) is 2.79. The Hall–Kier alpha value is -1.88. The minimum atomic E-state index is -0.543. The van der Waals surface area contributed by atoms with Crippen molar-refractivity contribution in [3.63, 3.8) is 0 Å². The molecule has 0 aliphatic carbocycles. The van der Waals surface area contributed by atoms with Crippen molar-refractivity contribution < 1.29 is 23.8 Å². The quantitative estimate of drug-likeness (QED) is 0.299. The fourth-order valence-electron chi connectivity index (χ4n) is 2.79. The molecular formula is C24H38O5. The summed E-state index contributed by atoms with van der Waals surface area (Å²) < 4.78 is 16.5. The van der Waals surface area contributed by atoms with Crippen LogP contribution in [0.5, 0.6) is 0 Å². The van der Waals surface area contributed by atoms with Crippen LogP contribution >= 0.6 is 0 Å². The Morgan fingerprint density at radius 3 is 2.03 bits per heavy atom. The average Bonchev–Trinajstić information content (AvgIpc) is 2.67. The van der Waals surface area contributed by atoms with Crippen molar-refractivity contribution in [2.45, 2.75) is 91.3 Å². The zero-order valence-electron chi connectivity index (χ0n) is 18.8. The zero-order valence-corrected chi connectivity index (χ0v) is 18.8. The van der Waals surface area contributed by atoms with Crippen LogP contribution in [0.2, 0.25) is 0 Å². The highest BCUT2D eigenvalue weighted by Gasteiger charge is 2.21. The third-order valence-electron chi connectivity index (χ3n) is 4.41. The zero-order chi connectivity index (χ0) is 21.7. The summed E-state index contributed by atoms with van der Waals surface area (Å²) in [6.45, 7) is 10.5. The van der Waals surface area contributed by atoms with E-state index in [4.69, 9.17) is 14.2 Å². The number of unbranched alkanes of at least 4 members (excludes halogenated alkanes) is 6. The van der Waals surface area contributed by atoms with Gasteiger partial charge in [-0.05, 0) is 46.2 Å². The smallest absolute Gasteiger partial charge is 0.339 e. The standard InChI is InChI=1S/C24H38O5/c1-6-7-8-9-10-11-14-17-27-22(25)20-15-12-13-16-21(20)23(26)29-19(2)18-28-24(3,4)5/h12-13,15-16,19H,6-11,14,17-18H2,1-5H3. The second-order valence-corrected chi connectivity index (χ2v) is 8.44. The lowest BCUT2D eigenvalue weighted by Gasteiger charge is -2.22. The summed E-state index contributed by atoms with van der Waals surface area (Å²) in [6, 6.07) is 6.61. The molecule has 1 aromatic carbocycles. The van der Waals surface area contributed by atoms with Crippen LogP contribution in [0.4, 0.5) is 0 Å². The molecule has 0 saturated carbocycles. The molecule has 0 amide bonds. The number of hydrogen-bond donors (Lipinski definition) is 0. The third-order valence-corrected chi connectivity index (χ3v) is 4.41. The lowest BCUT2D eigenvalue weighted by molar-refractivity contribution is -0.0531. The normalized spacial score (nSPS) is 12.4. The molecular weight excluding hydrogens is 368 g/mol. The molecule has 0 N–H and O–H groups in total. The van der Waals surface area contributed by atoms with E-state index in [2.05, 4.69) is 6.92 Å². The molecule has 0 aliphatic heterocycles. The Morgan fingerprint density at radius 2 is 1.45 bits per heavy atom. The fraction of sp³-hybridized carbons (Fsp3) is 0.667. The van der Waals surface area contributed by atoms with Gasteiger partial charge in [0.05, 0.1) is 29.9 Å². The van der Waals surface area contributed by atoms with Gasteiger partial charge in [0.2, 0.25) is 0 Å². The van der Waals surface area contributed by atoms with Gasteiger partial charge < -0.3 is 14.2 Å². The molecule has 1 aromatic rings. The van der Waals surface area contributed by atoms with E-state index in [1.807, 2.05) is 20.8 Å². The molecule has 0 bridgehead atoms. The maximum absolute atomic E-state index is 12.5. The number of hydrogen-bond acceptors (Lipinski definition) is 5. The van der Waals surface area contributed by atoms with Crippen LogP contribution in [0, 0.1) is 0 Å². The summed E-state index contributed by atoms with van der Waals surface area (Å²) in [7, 11) is 0. The van der Waals surface area contributed by atoms with Crippen molar-refractivity contribution in [2.75, 3.05) is 13.2 Å². The van der Waals surface area contributed by atoms with Crippen LogP contribution in [0.15, 0.2) is 24.3 Å². The largest absolute Gasteiger partial charge is 0.462 e. The van der Waals surface area contributed by atoms with Crippen LogP contribution in [0.3, 0.4) is 0 Å². The van der Waals surface area contributed by atoms with Gasteiger partial charge in [0.1, 0.15) is 6.10 Å². The van der Waals surface area contributed by atoms with Crippen molar-refractivity contribution in [2.24, 2.45) is 0 Å². The Kier molecular flexibility index (Phi) is 11.6. The van der Waals surface area contributed by atoms with E-state index in [0.29, 0.717) is 13.2 Å². The predicted molar refractivity (Wildman–Crippen MR) is 115 cm³/mol. The molecule has 0 spiro atoms. The molecule has 0 saturated heterocycles. The van der Waals surface area contributed by atoms with Gasteiger partial charge >= 0.3 is 11.9 Å². The van der Waals surface area contributed by atoms with E-state index in [1.54, 1.807) is 31.2 Å². The van der Waals surface area contributed by atoms with Crippen molar-refractivity contribution in [3.8, 4) is 0 Å². The first-order chi connectivity index (χ1) is 13.7. The van der Waals surface area contributed by atoms with Gasteiger partial charge in [-0.2, -0.15) is 0 Å². The summed E-state index contributed by atoms with van der Waals surface area (Å²) in [5, 5.41) is 0. The summed E-state index contributed by atoms with van der Waals surface area (Å²) in [5.41, 5.74) is 0.155. The summed E-state index contributed by atoms with van der Waals surface area (Å²) >= 11 is 0. The first-order valence-corrected chi connectivity index (χ1v) is 10.9. The van der Waals surface area contributed by atoms with Crippen molar-refractivity contribution in [3.05, 3.63) is 35.4 Å². The highest BCUT2D eigenvalue weighted by Crippen LogP contribution is 2.15. The number of carbonyl (C=O) groups excluding carboxylic acids is 2. The number of carbonyl (C=O) groups is 2. The van der Waals surface area contributed by atoms with Gasteiger partial charge in [-0.3, -0.25) is 0 Å². The highest BCUT2D eigenvalue weighted by molar-refractivity contribution is 6.03. The van der Waals surface area contributed by atoms with Crippen LogP contribution < -0.4 is 0 Å². The third kappa shape index (κ3) is 11.0. The van der Waals surface area contributed by atoms with Gasteiger partial charge in [0, 0.05) is 0 Å². The number of esters is 2.